The monoisotopic (exact) mass is 349 g/mol. The molecule has 0 atom stereocenters. The van der Waals surface area contributed by atoms with Gasteiger partial charge < -0.3 is 4.74 Å². The maximum absolute atomic E-state index is 11.6. The number of nitrogens with zero attached hydrogens (tertiary/aromatic N) is 1. The zero-order chi connectivity index (χ0) is 15.6. The highest BCUT2D eigenvalue weighted by atomic mass is 79.9. The highest BCUT2D eigenvalue weighted by Gasteiger charge is 2.18. The highest BCUT2D eigenvalue weighted by molar-refractivity contribution is 9.10. The van der Waals surface area contributed by atoms with Gasteiger partial charge in [0.2, 0.25) is 5.75 Å². The van der Waals surface area contributed by atoms with Crippen LogP contribution in [-0.4, -0.2) is 10.7 Å². The zero-order valence-corrected chi connectivity index (χ0v) is 13.0. The lowest BCUT2D eigenvalue weighted by Gasteiger charge is -2.10. The van der Waals surface area contributed by atoms with Crippen molar-refractivity contribution in [1.29, 1.82) is 0 Å². The van der Waals surface area contributed by atoms with Crippen LogP contribution in [0.1, 0.15) is 22.8 Å². The normalized spacial score (nSPS) is 10.2. The first kappa shape index (κ1) is 15.2. The third-order valence-electron chi connectivity index (χ3n) is 2.85. The van der Waals surface area contributed by atoms with E-state index in [1.165, 1.54) is 13.0 Å². The van der Waals surface area contributed by atoms with Crippen molar-refractivity contribution in [3.8, 4) is 11.5 Å². The number of benzene rings is 2. The minimum Gasteiger partial charge on any atom is -0.449 e. The Labute approximate surface area is 129 Å². The molecular weight excluding hydrogens is 338 g/mol. The number of hydrogen-bond donors (Lipinski definition) is 0. The molecule has 0 aromatic heterocycles. The van der Waals surface area contributed by atoms with Gasteiger partial charge in [0.25, 0.3) is 0 Å². The van der Waals surface area contributed by atoms with Crippen LogP contribution in [0, 0.1) is 17.0 Å². The molecule has 0 aliphatic heterocycles. The summed E-state index contributed by atoms with van der Waals surface area (Å²) in [6.07, 6.45) is 0. The fourth-order valence-corrected chi connectivity index (χ4v) is 2.18. The number of aryl methyl sites for hydroxylation is 1. The Balaban J connectivity index is 2.52. The van der Waals surface area contributed by atoms with E-state index >= 15 is 0 Å². The zero-order valence-electron chi connectivity index (χ0n) is 11.4. The summed E-state index contributed by atoms with van der Waals surface area (Å²) in [6.45, 7) is 3.23. The second-order valence-electron chi connectivity index (χ2n) is 4.53. The second kappa shape index (κ2) is 6.05. The molecule has 6 heteroatoms. The Kier molecular flexibility index (Phi) is 4.37. The smallest absolute Gasteiger partial charge is 0.311 e. The van der Waals surface area contributed by atoms with Crippen LogP contribution in [0.2, 0.25) is 0 Å². The minimum atomic E-state index is -0.514. The molecule has 108 valence electrons. The highest BCUT2D eigenvalue weighted by Crippen LogP contribution is 2.35. The van der Waals surface area contributed by atoms with Crippen molar-refractivity contribution in [3.63, 3.8) is 0 Å². The number of ether oxygens (including phenoxy) is 1. The lowest BCUT2D eigenvalue weighted by atomic mass is 10.1. The van der Waals surface area contributed by atoms with Crippen molar-refractivity contribution < 1.29 is 14.5 Å². The van der Waals surface area contributed by atoms with E-state index in [-0.39, 0.29) is 23.0 Å². The molecule has 2 aromatic rings. The van der Waals surface area contributed by atoms with E-state index < -0.39 is 4.92 Å². The van der Waals surface area contributed by atoms with E-state index in [2.05, 4.69) is 15.9 Å². The molecule has 0 aliphatic rings. The first-order valence-electron chi connectivity index (χ1n) is 6.12. The predicted octanol–water partition coefficient (Wildman–Crippen LogP) is 4.66. The standard InChI is InChI=1S/C15H12BrNO4/c1-9-3-6-13(17(19)20)15(7-9)21-14-8-11(16)4-5-12(14)10(2)18/h3-8H,1-2H3. The average Bonchev–Trinajstić information content (AvgIpc) is 2.38. The number of carbonyl (C=O) groups is 1. The number of Topliss-reactive ketones (excluding diaryl/α,β-unsaturated/α-hetero) is 1. The molecule has 0 radical (unpaired) electrons. The summed E-state index contributed by atoms with van der Waals surface area (Å²) < 4.78 is 6.35. The Morgan fingerprint density at radius 2 is 1.90 bits per heavy atom. The van der Waals surface area contributed by atoms with Crippen LogP contribution in [0.25, 0.3) is 0 Å². The molecule has 0 fully saturated rings. The van der Waals surface area contributed by atoms with Gasteiger partial charge in [0.15, 0.2) is 5.78 Å². The molecular formula is C15H12BrNO4. The molecule has 2 rings (SSSR count). The number of ketones is 1. The van der Waals surface area contributed by atoms with Gasteiger partial charge in [0, 0.05) is 10.5 Å². The van der Waals surface area contributed by atoms with Crippen molar-refractivity contribution in [2.75, 3.05) is 0 Å². The summed E-state index contributed by atoms with van der Waals surface area (Å²) in [5.74, 6) is 0.221. The minimum absolute atomic E-state index is 0.112. The van der Waals surface area contributed by atoms with Gasteiger partial charge in [-0.2, -0.15) is 0 Å². The molecule has 21 heavy (non-hydrogen) atoms. The average molecular weight is 350 g/mol. The lowest BCUT2D eigenvalue weighted by molar-refractivity contribution is -0.385. The van der Waals surface area contributed by atoms with Crippen LogP contribution in [0.3, 0.4) is 0 Å². The first-order chi connectivity index (χ1) is 9.88. The molecule has 0 spiro atoms. The fourth-order valence-electron chi connectivity index (χ4n) is 1.84. The molecule has 0 bridgehead atoms. The molecule has 0 heterocycles. The van der Waals surface area contributed by atoms with Crippen LogP contribution >= 0.6 is 15.9 Å². The molecule has 2 aromatic carbocycles. The third-order valence-corrected chi connectivity index (χ3v) is 3.35. The summed E-state index contributed by atoms with van der Waals surface area (Å²) in [7, 11) is 0. The number of halogens is 1. The summed E-state index contributed by atoms with van der Waals surface area (Å²) in [6, 6.07) is 9.54. The van der Waals surface area contributed by atoms with E-state index in [1.54, 1.807) is 30.3 Å². The predicted molar refractivity (Wildman–Crippen MR) is 82.1 cm³/mol. The van der Waals surface area contributed by atoms with Crippen LogP contribution in [0.5, 0.6) is 11.5 Å². The summed E-state index contributed by atoms with van der Waals surface area (Å²) in [5.41, 5.74) is 1.05. The number of carbonyl (C=O) groups excluding carboxylic acids is 1. The van der Waals surface area contributed by atoms with Crippen molar-refractivity contribution in [3.05, 3.63) is 62.1 Å². The Hall–Kier alpha value is -2.21. The fraction of sp³-hybridized carbons (Fsp3) is 0.133. The van der Waals surface area contributed by atoms with Gasteiger partial charge in [-0.05, 0) is 43.7 Å². The van der Waals surface area contributed by atoms with Gasteiger partial charge in [-0.3, -0.25) is 14.9 Å². The van der Waals surface area contributed by atoms with Crippen LogP contribution in [-0.2, 0) is 0 Å². The largest absolute Gasteiger partial charge is 0.449 e. The molecule has 0 amide bonds. The van der Waals surface area contributed by atoms with E-state index in [0.717, 1.165) is 10.0 Å². The van der Waals surface area contributed by atoms with Gasteiger partial charge in [-0.15, -0.1) is 0 Å². The summed E-state index contributed by atoms with van der Waals surface area (Å²) >= 11 is 3.30. The topological polar surface area (TPSA) is 69.4 Å². The van der Waals surface area contributed by atoms with Crippen molar-refractivity contribution in [1.82, 2.24) is 0 Å². The Morgan fingerprint density at radius 1 is 1.19 bits per heavy atom. The third kappa shape index (κ3) is 3.46. The van der Waals surface area contributed by atoms with Crippen molar-refractivity contribution in [2.24, 2.45) is 0 Å². The van der Waals surface area contributed by atoms with E-state index in [1.807, 2.05) is 6.92 Å². The molecule has 0 saturated carbocycles. The van der Waals surface area contributed by atoms with Gasteiger partial charge >= 0.3 is 5.69 Å². The van der Waals surface area contributed by atoms with E-state index in [9.17, 15) is 14.9 Å². The quantitative estimate of drug-likeness (QED) is 0.457. The SMILES string of the molecule is CC(=O)c1ccc(Br)cc1Oc1cc(C)ccc1[N+](=O)[O-]. The summed E-state index contributed by atoms with van der Waals surface area (Å²) in [4.78, 5) is 22.2. The first-order valence-corrected chi connectivity index (χ1v) is 6.91. The maximum atomic E-state index is 11.6. The molecule has 5 nitrogen and oxygen atoms in total. The van der Waals surface area contributed by atoms with Gasteiger partial charge in [0.1, 0.15) is 5.75 Å². The molecule has 0 saturated heterocycles. The van der Waals surface area contributed by atoms with Crippen LogP contribution in [0.4, 0.5) is 5.69 Å². The van der Waals surface area contributed by atoms with E-state index in [0.29, 0.717) is 5.56 Å². The van der Waals surface area contributed by atoms with Crippen molar-refractivity contribution in [2.45, 2.75) is 13.8 Å². The van der Waals surface area contributed by atoms with Gasteiger partial charge in [-0.25, -0.2) is 0 Å². The molecule has 0 aliphatic carbocycles. The molecule has 0 unspecified atom stereocenters. The van der Waals surface area contributed by atoms with E-state index in [4.69, 9.17) is 4.74 Å². The van der Waals surface area contributed by atoms with Crippen LogP contribution in [0.15, 0.2) is 40.9 Å². The van der Waals surface area contributed by atoms with Gasteiger partial charge in [0.05, 0.1) is 10.5 Å². The second-order valence-corrected chi connectivity index (χ2v) is 5.44. The number of rotatable bonds is 4. The number of nitro groups is 1. The summed E-state index contributed by atoms with van der Waals surface area (Å²) in [5, 5.41) is 11.1. The number of hydrogen-bond acceptors (Lipinski definition) is 4. The number of nitro benzene ring substituents is 1. The Bertz CT molecular complexity index is 666. The lowest BCUT2D eigenvalue weighted by Crippen LogP contribution is -1.99. The maximum Gasteiger partial charge on any atom is 0.311 e. The van der Waals surface area contributed by atoms with Gasteiger partial charge in [-0.1, -0.05) is 22.0 Å². The Morgan fingerprint density at radius 3 is 2.52 bits per heavy atom. The van der Waals surface area contributed by atoms with Crippen molar-refractivity contribution >= 4 is 27.4 Å². The molecule has 0 N–H and O–H groups in total. The van der Waals surface area contributed by atoms with Crippen LogP contribution < -0.4 is 4.74 Å².